The lowest BCUT2D eigenvalue weighted by Gasteiger charge is -2.33. The summed E-state index contributed by atoms with van der Waals surface area (Å²) in [6, 6.07) is 4.53. The highest BCUT2D eigenvalue weighted by atomic mass is 16.5. The summed E-state index contributed by atoms with van der Waals surface area (Å²) < 4.78 is 5.59. The van der Waals surface area contributed by atoms with E-state index in [-0.39, 0.29) is 0 Å². The van der Waals surface area contributed by atoms with Crippen molar-refractivity contribution in [3.05, 3.63) is 35.3 Å². The number of fused-ring (bicyclic) bond motifs is 1. The summed E-state index contributed by atoms with van der Waals surface area (Å²) in [5.74, 6) is 1.93. The van der Waals surface area contributed by atoms with Crippen LogP contribution in [0.5, 0.6) is 5.88 Å². The number of nitrogens with zero attached hydrogens (tertiary/aromatic N) is 4. The molecule has 0 N–H and O–H groups in total. The lowest BCUT2D eigenvalue weighted by molar-refractivity contribution is 0.397. The Kier molecular flexibility index (Phi) is 5.49. The lowest BCUT2D eigenvalue weighted by atomic mass is 10.0. The van der Waals surface area contributed by atoms with Crippen molar-refractivity contribution in [3.8, 4) is 17.1 Å². The van der Waals surface area contributed by atoms with Crippen molar-refractivity contribution in [2.24, 2.45) is 0 Å². The van der Waals surface area contributed by atoms with Crippen LogP contribution in [0.15, 0.2) is 18.2 Å². The maximum absolute atomic E-state index is 5.59. The highest BCUT2D eigenvalue weighted by Gasteiger charge is 2.25. The van der Waals surface area contributed by atoms with Crippen LogP contribution < -0.4 is 9.64 Å². The smallest absolute Gasteiger partial charge is 0.222 e. The molecule has 0 radical (unpaired) electrons. The fraction of sp³-hybridized carbons (Fsp3) is 0.500. The van der Waals surface area contributed by atoms with E-state index in [2.05, 4.69) is 62.7 Å². The fourth-order valence-corrected chi connectivity index (χ4v) is 3.37. The van der Waals surface area contributed by atoms with Gasteiger partial charge < -0.3 is 9.64 Å². The van der Waals surface area contributed by atoms with Crippen LogP contribution in [0.1, 0.15) is 64.0 Å². The van der Waals surface area contributed by atoms with Gasteiger partial charge in [0.05, 0.1) is 24.1 Å². The van der Waals surface area contributed by atoms with Gasteiger partial charge in [-0.15, -0.1) is 0 Å². The molecule has 0 fully saturated rings. The van der Waals surface area contributed by atoms with E-state index < -0.39 is 0 Å². The summed E-state index contributed by atoms with van der Waals surface area (Å²) in [4.78, 5) is 17.0. The molecule has 1 unspecified atom stereocenters. The molecule has 2 aromatic heterocycles. The lowest BCUT2D eigenvalue weighted by Crippen LogP contribution is -2.36. The highest BCUT2D eigenvalue weighted by molar-refractivity contribution is 5.78. The molecule has 3 rings (SSSR count). The van der Waals surface area contributed by atoms with Gasteiger partial charge in [-0.3, -0.25) is 0 Å². The first kappa shape index (κ1) is 19.3. The Balaban J connectivity index is 2.15. The standard InChI is InChI=1S/C22H30N4O/c1-8-15(5)26-12-11-14(4)19-21(26)23-16(6)20(25-19)17-9-10-18(13(2)3)24-22(17)27-7/h9-11,13,15H,8,12H2,1-7H3. The maximum Gasteiger partial charge on any atom is 0.222 e. The van der Waals surface area contributed by atoms with Crippen LogP contribution >= 0.6 is 0 Å². The first-order chi connectivity index (χ1) is 12.9. The summed E-state index contributed by atoms with van der Waals surface area (Å²) in [5, 5.41) is 0. The average Bonchev–Trinajstić information content (AvgIpc) is 2.66. The van der Waals surface area contributed by atoms with Gasteiger partial charge in [-0.25, -0.2) is 15.0 Å². The first-order valence-corrected chi connectivity index (χ1v) is 9.75. The number of aromatic nitrogens is 3. The second-order valence-electron chi connectivity index (χ2n) is 7.57. The third-order valence-electron chi connectivity index (χ3n) is 5.34. The number of rotatable bonds is 5. The minimum absolute atomic E-state index is 0.345. The number of pyridine rings is 1. The van der Waals surface area contributed by atoms with Crippen molar-refractivity contribution in [3.63, 3.8) is 0 Å². The van der Waals surface area contributed by atoms with E-state index in [9.17, 15) is 0 Å². The van der Waals surface area contributed by atoms with Gasteiger partial charge in [0.25, 0.3) is 0 Å². The number of hydrogen-bond acceptors (Lipinski definition) is 5. The van der Waals surface area contributed by atoms with Gasteiger partial charge in [0.15, 0.2) is 5.82 Å². The molecular weight excluding hydrogens is 336 g/mol. The van der Waals surface area contributed by atoms with Crippen LogP contribution in [0.3, 0.4) is 0 Å². The summed E-state index contributed by atoms with van der Waals surface area (Å²) in [6.45, 7) is 13.7. The van der Waals surface area contributed by atoms with E-state index in [1.165, 1.54) is 5.57 Å². The van der Waals surface area contributed by atoms with E-state index >= 15 is 0 Å². The second-order valence-corrected chi connectivity index (χ2v) is 7.57. The summed E-state index contributed by atoms with van der Waals surface area (Å²) in [6.07, 6.45) is 3.31. The topological polar surface area (TPSA) is 51.1 Å². The summed E-state index contributed by atoms with van der Waals surface area (Å²) in [7, 11) is 1.66. The second kappa shape index (κ2) is 7.67. The molecule has 0 aromatic carbocycles. The Labute approximate surface area is 162 Å². The van der Waals surface area contributed by atoms with Crippen LogP contribution in [0.2, 0.25) is 0 Å². The quantitative estimate of drug-likeness (QED) is 0.745. The average molecular weight is 367 g/mol. The third-order valence-corrected chi connectivity index (χ3v) is 5.34. The molecule has 5 heteroatoms. The minimum atomic E-state index is 0.345. The monoisotopic (exact) mass is 366 g/mol. The van der Waals surface area contributed by atoms with E-state index in [0.717, 1.165) is 47.1 Å². The fourth-order valence-electron chi connectivity index (χ4n) is 3.37. The molecule has 1 atom stereocenters. The molecule has 1 aliphatic rings. The van der Waals surface area contributed by atoms with Crippen LogP contribution in [0, 0.1) is 6.92 Å². The predicted molar refractivity (Wildman–Crippen MR) is 111 cm³/mol. The third kappa shape index (κ3) is 3.55. The molecule has 27 heavy (non-hydrogen) atoms. The summed E-state index contributed by atoms with van der Waals surface area (Å²) in [5.41, 5.74) is 5.77. The Bertz CT molecular complexity index is 873. The van der Waals surface area contributed by atoms with Crippen LogP contribution in [0.25, 0.3) is 16.8 Å². The molecule has 0 aliphatic carbocycles. The van der Waals surface area contributed by atoms with Crippen molar-refractivity contribution in [1.29, 1.82) is 0 Å². The van der Waals surface area contributed by atoms with Gasteiger partial charge in [0.2, 0.25) is 5.88 Å². The number of methoxy groups -OCH3 is 1. The highest BCUT2D eigenvalue weighted by Crippen LogP contribution is 2.36. The number of anilines is 1. The number of ether oxygens (including phenoxy) is 1. The van der Waals surface area contributed by atoms with Crippen molar-refractivity contribution in [2.45, 2.75) is 59.9 Å². The summed E-state index contributed by atoms with van der Waals surface area (Å²) >= 11 is 0. The van der Waals surface area contributed by atoms with Crippen molar-refractivity contribution >= 4 is 11.4 Å². The Morgan fingerprint density at radius 1 is 1.07 bits per heavy atom. The van der Waals surface area contributed by atoms with Gasteiger partial charge in [-0.2, -0.15) is 0 Å². The molecule has 0 spiro atoms. The van der Waals surface area contributed by atoms with Gasteiger partial charge in [-0.05, 0) is 50.8 Å². The van der Waals surface area contributed by atoms with Crippen LogP contribution in [0.4, 0.5) is 5.82 Å². The molecule has 5 nitrogen and oxygen atoms in total. The largest absolute Gasteiger partial charge is 0.480 e. The van der Waals surface area contributed by atoms with Gasteiger partial charge in [-0.1, -0.05) is 26.8 Å². The normalized spacial score (nSPS) is 14.8. The molecule has 144 valence electrons. The van der Waals surface area contributed by atoms with Crippen molar-refractivity contribution < 1.29 is 4.74 Å². The number of hydrogen-bond donors (Lipinski definition) is 0. The molecule has 1 aliphatic heterocycles. The SMILES string of the molecule is CCC(C)N1CC=C(C)c2nc(-c3ccc(C(C)C)nc3OC)c(C)nc21. The Morgan fingerprint density at radius 2 is 1.81 bits per heavy atom. The molecule has 0 saturated carbocycles. The Morgan fingerprint density at radius 3 is 2.44 bits per heavy atom. The first-order valence-electron chi connectivity index (χ1n) is 9.75. The van der Waals surface area contributed by atoms with Gasteiger partial charge in [0.1, 0.15) is 5.69 Å². The number of aryl methyl sites for hydroxylation is 1. The van der Waals surface area contributed by atoms with Crippen molar-refractivity contribution in [1.82, 2.24) is 15.0 Å². The van der Waals surface area contributed by atoms with Crippen molar-refractivity contribution in [2.75, 3.05) is 18.6 Å². The molecular formula is C22H30N4O. The molecule has 3 heterocycles. The van der Waals surface area contributed by atoms with Gasteiger partial charge in [0, 0.05) is 18.3 Å². The zero-order chi connectivity index (χ0) is 19.7. The van der Waals surface area contributed by atoms with E-state index in [1.807, 2.05) is 6.92 Å². The Hall–Kier alpha value is -2.43. The predicted octanol–water partition coefficient (Wildman–Crippen LogP) is 5.00. The zero-order valence-corrected chi connectivity index (χ0v) is 17.5. The van der Waals surface area contributed by atoms with Crippen LogP contribution in [-0.2, 0) is 0 Å². The molecule has 0 amide bonds. The minimum Gasteiger partial charge on any atom is -0.480 e. The maximum atomic E-state index is 5.59. The molecule has 2 aromatic rings. The van der Waals surface area contributed by atoms with E-state index in [4.69, 9.17) is 14.7 Å². The van der Waals surface area contributed by atoms with E-state index in [1.54, 1.807) is 7.11 Å². The van der Waals surface area contributed by atoms with Gasteiger partial charge >= 0.3 is 0 Å². The molecule has 0 saturated heterocycles. The van der Waals surface area contributed by atoms with Crippen LogP contribution in [-0.4, -0.2) is 34.6 Å². The zero-order valence-electron chi connectivity index (χ0n) is 17.5. The number of allylic oxidation sites excluding steroid dienone is 1. The molecule has 0 bridgehead atoms. The van der Waals surface area contributed by atoms with E-state index in [0.29, 0.717) is 17.8 Å².